The number of nitrogens with zero attached hydrogens (tertiary/aromatic N) is 4. The van der Waals surface area contributed by atoms with Crippen LogP contribution < -0.4 is 0 Å². The molecule has 0 fully saturated rings. The molecule has 3 aromatic carbocycles. The Morgan fingerprint density at radius 1 is 0.630 bits per heavy atom. The van der Waals surface area contributed by atoms with Crippen molar-refractivity contribution in [3.05, 3.63) is 95.0 Å². The molecule has 130 valence electrons. The number of hydrogen-bond donors (Lipinski definition) is 0. The summed E-state index contributed by atoms with van der Waals surface area (Å²) >= 11 is 0. The lowest BCUT2D eigenvalue weighted by Gasteiger charge is -2.09. The quantitative estimate of drug-likeness (QED) is 0.389. The molecule has 4 rings (SSSR count). The Morgan fingerprint density at radius 2 is 1.19 bits per heavy atom. The van der Waals surface area contributed by atoms with Crippen molar-refractivity contribution in [2.75, 3.05) is 0 Å². The second-order valence-electron chi connectivity index (χ2n) is 5.87. The summed E-state index contributed by atoms with van der Waals surface area (Å²) in [4.78, 5) is 15.1. The summed E-state index contributed by atoms with van der Waals surface area (Å²) in [6.45, 7) is 0. The van der Waals surface area contributed by atoms with Gasteiger partial charge in [-0.15, -0.1) is 10.2 Å². The topological polar surface area (TPSA) is 81.8 Å². The Labute approximate surface area is 155 Å². The normalized spacial score (nSPS) is 10.5. The van der Waals surface area contributed by atoms with E-state index in [1.807, 2.05) is 60.7 Å². The van der Waals surface area contributed by atoms with Gasteiger partial charge in [0.1, 0.15) is 11.4 Å². The van der Waals surface area contributed by atoms with Crippen molar-refractivity contribution >= 4 is 5.69 Å². The molecule has 0 atom stereocenters. The summed E-state index contributed by atoms with van der Waals surface area (Å²) in [6.07, 6.45) is 0. The highest BCUT2D eigenvalue weighted by Gasteiger charge is 2.15. The monoisotopic (exact) mass is 354 g/mol. The van der Waals surface area contributed by atoms with Crippen LogP contribution in [-0.4, -0.2) is 20.1 Å². The first-order valence-corrected chi connectivity index (χ1v) is 8.33. The maximum absolute atomic E-state index is 10.9. The molecule has 0 bridgehead atoms. The van der Waals surface area contributed by atoms with Crippen LogP contribution in [0.5, 0.6) is 0 Å². The van der Waals surface area contributed by atoms with Gasteiger partial charge in [-0.05, 0) is 12.1 Å². The van der Waals surface area contributed by atoms with Gasteiger partial charge in [0.05, 0.1) is 4.92 Å². The van der Waals surface area contributed by atoms with Crippen LogP contribution in [-0.2, 0) is 0 Å². The van der Waals surface area contributed by atoms with E-state index < -0.39 is 4.92 Å². The molecule has 0 saturated carbocycles. The van der Waals surface area contributed by atoms with Crippen molar-refractivity contribution < 1.29 is 4.92 Å². The SMILES string of the molecule is O=[N+]([O-])c1ccc(-c2nnc(-c3ccccc3)c(-c3ccccc3)n2)cc1. The van der Waals surface area contributed by atoms with Crippen molar-refractivity contribution in [3.8, 4) is 33.9 Å². The van der Waals surface area contributed by atoms with E-state index in [1.165, 1.54) is 12.1 Å². The van der Waals surface area contributed by atoms with Crippen LogP contribution >= 0.6 is 0 Å². The minimum atomic E-state index is -0.434. The van der Waals surface area contributed by atoms with Crippen LogP contribution in [0.3, 0.4) is 0 Å². The second kappa shape index (κ2) is 7.13. The number of non-ortho nitro benzene ring substituents is 1. The molecule has 0 aliphatic rings. The van der Waals surface area contributed by atoms with E-state index in [9.17, 15) is 10.1 Å². The molecule has 6 nitrogen and oxygen atoms in total. The zero-order valence-electron chi connectivity index (χ0n) is 14.2. The molecule has 27 heavy (non-hydrogen) atoms. The molecular weight excluding hydrogens is 340 g/mol. The van der Waals surface area contributed by atoms with Gasteiger partial charge >= 0.3 is 0 Å². The fourth-order valence-electron chi connectivity index (χ4n) is 2.77. The van der Waals surface area contributed by atoms with Gasteiger partial charge in [-0.2, -0.15) is 0 Å². The van der Waals surface area contributed by atoms with Gasteiger partial charge in [-0.25, -0.2) is 4.98 Å². The highest BCUT2D eigenvalue weighted by molar-refractivity contribution is 5.78. The van der Waals surface area contributed by atoms with E-state index in [0.29, 0.717) is 22.8 Å². The average Bonchev–Trinajstić information content (AvgIpc) is 2.74. The second-order valence-corrected chi connectivity index (χ2v) is 5.87. The molecule has 0 aliphatic carbocycles. The summed E-state index contributed by atoms with van der Waals surface area (Å²) in [5.74, 6) is 0.420. The standard InChI is InChI=1S/C21H14N4O2/c26-25(27)18-13-11-17(12-14-18)21-22-19(15-7-3-1-4-8-15)20(23-24-21)16-9-5-2-6-10-16/h1-14H. The van der Waals surface area contributed by atoms with Crippen LogP contribution in [0.25, 0.3) is 33.9 Å². The number of nitro groups is 1. The molecule has 1 heterocycles. The van der Waals surface area contributed by atoms with Gasteiger partial charge in [0, 0.05) is 28.8 Å². The minimum absolute atomic E-state index is 0.0240. The van der Waals surface area contributed by atoms with Crippen molar-refractivity contribution in [2.45, 2.75) is 0 Å². The third-order valence-corrected chi connectivity index (χ3v) is 4.12. The van der Waals surface area contributed by atoms with E-state index in [4.69, 9.17) is 4.98 Å². The summed E-state index contributed by atoms with van der Waals surface area (Å²) < 4.78 is 0. The van der Waals surface area contributed by atoms with Crippen molar-refractivity contribution in [3.63, 3.8) is 0 Å². The lowest BCUT2D eigenvalue weighted by Crippen LogP contribution is -2.00. The van der Waals surface area contributed by atoms with Crippen LogP contribution in [0.2, 0.25) is 0 Å². The lowest BCUT2D eigenvalue weighted by molar-refractivity contribution is -0.384. The van der Waals surface area contributed by atoms with Gasteiger partial charge in [0.15, 0.2) is 5.82 Å². The van der Waals surface area contributed by atoms with Crippen LogP contribution in [0, 0.1) is 10.1 Å². The Balaban J connectivity index is 1.85. The fraction of sp³-hybridized carbons (Fsp3) is 0. The van der Waals surface area contributed by atoms with Crippen molar-refractivity contribution in [1.82, 2.24) is 15.2 Å². The molecule has 4 aromatic rings. The van der Waals surface area contributed by atoms with Gasteiger partial charge in [0.2, 0.25) is 0 Å². The number of rotatable bonds is 4. The largest absolute Gasteiger partial charge is 0.269 e. The highest BCUT2D eigenvalue weighted by atomic mass is 16.6. The summed E-state index contributed by atoms with van der Waals surface area (Å²) in [5, 5.41) is 19.5. The van der Waals surface area contributed by atoms with E-state index >= 15 is 0 Å². The zero-order valence-corrected chi connectivity index (χ0v) is 14.2. The van der Waals surface area contributed by atoms with Gasteiger partial charge in [0.25, 0.3) is 5.69 Å². The van der Waals surface area contributed by atoms with Crippen LogP contribution in [0.4, 0.5) is 5.69 Å². The van der Waals surface area contributed by atoms with E-state index in [0.717, 1.165) is 11.1 Å². The minimum Gasteiger partial charge on any atom is -0.258 e. The predicted octanol–water partition coefficient (Wildman–Crippen LogP) is 4.78. The maximum atomic E-state index is 10.9. The zero-order chi connectivity index (χ0) is 18.6. The van der Waals surface area contributed by atoms with E-state index in [2.05, 4.69) is 10.2 Å². The van der Waals surface area contributed by atoms with E-state index in [-0.39, 0.29) is 5.69 Å². The molecule has 0 aliphatic heterocycles. The number of hydrogen-bond acceptors (Lipinski definition) is 5. The average molecular weight is 354 g/mol. The number of aromatic nitrogens is 3. The number of benzene rings is 3. The summed E-state index contributed by atoms with van der Waals surface area (Å²) in [7, 11) is 0. The Bertz CT molecular complexity index is 1080. The summed E-state index contributed by atoms with van der Waals surface area (Å²) in [6, 6.07) is 25.6. The van der Waals surface area contributed by atoms with Gasteiger partial charge in [-0.3, -0.25) is 10.1 Å². The fourth-order valence-corrected chi connectivity index (χ4v) is 2.77. The molecule has 0 saturated heterocycles. The van der Waals surface area contributed by atoms with Crippen LogP contribution in [0.15, 0.2) is 84.9 Å². The first-order chi connectivity index (χ1) is 13.2. The molecule has 0 unspecified atom stereocenters. The van der Waals surface area contributed by atoms with Gasteiger partial charge in [-0.1, -0.05) is 60.7 Å². The van der Waals surface area contributed by atoms with Crippen molar-refractivity contribution in [1.29, 1.82) is 0 Å². The molecule has 0 N–H and O–H groups in total. The smallest absolute Gasteiger partial charge is 0.258 e. The molecular formula is C21H14N4O2. The molecule has 0 radical (unpaired) electrons. The molecule has 0 spiro atoms. The predicted molar refractivity (Wildman–Crippen MR) is 103 cm³/mol. The van der Waals surface area contributed by atoms with Crippen LogP contribution in [0.1, 0.15) is 0 Å². The molecule has 1 aromatic heterocycles. The van der Waals surface area contributed by atoms with Gasteiger partial charge < -0.3 is 0 Å². The van der Waals surface area contributed by atoms with Crippen molar-refractivity contribution in [2.24, 2.45) is 0 Å². The highest BCUT2D eigenvalue weighted by Crippen LogP contribution is 2.30. The first kappa shape index (κ1) is 16.5. The Kier molecular flexibility index (Phi) is 4.37. The Morgan fingerprint density at radius 3 is 1.74 bits per heavy atom. The third kappa shape index (κ3) is 3.41. The van der Waals surface area contributed by atoms with E-state index in [1.54, 1.807) is 12.1 Å². The molecule has 6 heteroatoms. The molecule has 0 amide bonds. The maximum Gasteiger partial charge on any atom is 0.269 e. The number of nitro benzene ring substituents is 1. The Hall–Kier alpha value is -3.93. The lowest BCUT2D eigenvalue weighted by atomic mass is 10.0. The third-order valence-electron chi connectivity index (χ3n) is 4.12. The first-order valence-electron chi connectivity index (χ1n) is 8.33. The summed E-state index contributed by atoms with van der Waals surface area (Å²) in [5.41, 5.74) is 3.94.